The number of aromatic nitrogens is 1. The number of halogens is 1. The fourth-order valence-electron chi connectivity index (χ4n) is 1.99. The smallest absolute Gasteiger partial charge is 0.408 e. The minimum absolute atomic E-state index is 0.0136. The van der Waals surface area contributed by atoms with Crippen molar-refractivity contribution in [2.45, 2.75) is 6.04 Å². The van der Waals surface area contributed by atoms with Crippen molar-refractivity contribution in [3.8, 4) is 0 Å². The van der Waals surface area contributed by atoms with Crippen LogP contribution in [0.15, 0.2) is 18.3 Å². The molecule has 0 aromatic carbocycles. The first kappa shape index (κ1) is 13.1. The standard InChI is InChI=1S/C11H12FN3O4/c12-7-1-2-9(13-5-7)14-3-4-15(11(18)19)8(6-14)10(16)17/h1-2,5,8H,3-4,6H2,(H,16,17)(H,18,19). The van der Waals surface area contributed by atoms with Crippen molar-refractivity contribution in [2.75, 3.05) is 24.5 Å². The predicted molar refractivity (Wildman–Crippen MR) is 62.6 cm³/mol. The Hall–Kier alpha value is -2.38. The zero-order valence-corrected chi connectivity index (χ0v) is 9.86. The number of carboxylic acid groups (broad SMARTS) is 2. The van der Waals surface area contributed by atoms with Crippen LogP contribution in [-0.4, -0.2) is 57.8 Å². The second kappa shape index (κ2) is 5.09. The van der Waals surface area contributed by atoms with Gasteiger partial charge in [0.15, 0.2) is 0 Å². The number of carbonyl (C=O) groups is 2. The van der Waals surface area contributed by atoms with E-state index in [1.165, 1.54) is 12.1 Å². The van der Waals surface area contributed by atoms with Gasteiger partial charge in [-0.15, -0.1) is 0 Å². The van der Waals surface area contributed by atoms with Gasteiger partial charge in [-0.05, 0) is 12.1 Å². The van der Waals surface area contributed by atoms with Crippen LogP contribution in [0.25, 0.3) is 0 Å². The zero-order chi connectivity index (χ0) is 14.0. The van der Waals surface area contributed by atoms with E-state index in [1.807, 2.05) is 0 Å². The number of piperazine rings is 1. The maximum atomic E-state index is 12.8. The lowest BCUT2D eigenvalue weighted by Crippen LogP contribution is -2.58. The fraction of sp³-hybridized carbons (Fsp3) is 0.364. The Labute approximate surface area is 107 Å². The summed E-state index contributed by atoms with van der Waals surface area (Å²) in [6.45, 7) is 0.361. The Kier molecular flexibility index (Phi) is 3.50. The van der Waals surface area contributed by atoms with Crippen molar-refractivity contribution in [3.63, 3.8) is 0 Å². The summed E-state index contributed by atoms with van der Waals surface area (Å²) in [6.07, 6.45) is -0.228. The molecule has 0 saturated carbocycles. The molecule has 1 amide bonds. The highest BCUT2D eigenvalue weighted by Crippen LogP contribution is 2.17. The molecule has 2 N–H and O–H groups in total. The Bertz CT molecular complexity index is 493. The molecule has 8 heteroatoms. The second-order valence-electron chi connectivity index (χ2n) is 4.11. The molecule has 2 heterocycles. The van der Waals surface area contributed by atoms with E-state index in [9.17, 15) is 14.0 Å². The van der Waals surface area contributed by atoms with Crippen molar-refractivity contribution in [1.82, 2.24) is 9.88 Å². The minimum atomic E-state index is -1.26. The normalized spacial score (nSPS) is 19.3. The van der Waals surface area contributed by atoms with Crippen molar-refractivity contribution in [1.29, 1.82) is 0 Å². The van der Waals surface area contributed by atoms with Crippen LogP contribution in [-0.2, 0) is 4.79 Å². The highest BCUT2D eigenvalue weighted by atomic mass is 19.1. The minimum Gasteiger partial charge on any atom is -0.480 e. The average molecular weight is 269 g/mol. The third-order valence-corrected chi connectivity index (χ3v) is 2.95. The maximum Gasteiger partial charge on any atom is 0.408 e. The highest BCUT2D eigenvalue weighted by Gasteiger charge is 2.35. The molecule has 1 aliphatic rings. The Morgan fingerprint density at radius 2 is 2.05 bits per heavy atom. The summed E-state index contributed by atoms with van der Waals surface area (Å²) in [6, 6.07) is 1.50. The molecule has 1 unspecified atom stereocenters. The quantitative estimate of drug-likeness (QED) is 0.810. The highest BCUT2D eigenvalue weighted by molar-refractivity contribution is 5.80. The van der Waals surface area contributed by atoms with Crippen LogP contribution in [0, 0.1) is 5.82 Å². The molecular formula is C11H12FN3O4. The van der Waals surface area contributed by atoms with Gasteiger partial charge in [0, 0.05) is 13.1 Å². The Balaban J connectivity index is 2.17. The lowest BCUT2D eigenvalue weighted by Gasteiger charge is -2.38. The topological polar surface area (TPSA) is 94.0 Å². The molecule has 1 aromatic heterocycles. The first-order valence-electron chi connectivity index (χ1n) is 5.58. The SMILES string of the molecule is O=C(O)C1CN(c2ccc(F)cn2)CCN1C(=O)O. The van der Waals surface area contributed by atoms with E-state index < -0.39 is 23.9 Å². The number of rotatable bonds is 2. The summed E-state index contributed by atoms with van der Waals surface area (Å²) in [5.41, 5.74) is 0. The van der Waals surface area contributed by atoms with Crippen LogP contribution < -0.4 is 4.90 Å². The molecule has 0 spiro atoms. The van der Waals surface area contributed by atoms with Gasteiger partial charge in [-0.2, -0.15) is 0 Å². The van der Waals surface area contributed by atoms with Gasteiger partial charge in [0.05, 0.1) is 12.7 Å². The van der Waals surface area contributed by atoms with E-state index in [1.54, 1.807) is 4.90 Å². The molecule has 0 aliphatic carbocycles. The van der Waals surface area contributed by atoms with Crippen LogP contribution >= 0.6 is 0 Å². The maximum absolute atomic E-state index is 12.8. The molecule has 0 radical (unpaired) electrons. The number of carboxylic acids is 1. The molecule has 1 aromatic rings. The van der Waals surface area contributed by atoms with Gasteiger partial charge in [0.25, 0.3) is 0 Å². The number of amides is 1. The van der Waals surface area contributed by atoms with Gasteiger partial charge in [-0.1, -0.05) is 0 Å². The lowest BCUT2D eigenvalue weighted by atomic mass is 10.1. The first-order valence-corrected chi connectivity index (χ1v) is 5.58. The Morgan fingerprint density at radius 3 is 2.58 bits per heavy atom. The predicted octanol–water partition coefficient (Wildman–Crippen LogP) is 0.474. The summed E-state index contributed by atoms with van der Waals surface area (Å²) in [4.78, 5) is 28.4. The molecular weight excluding hydrogens is 257 g/mol. The molecule has 19 heavy (non-hydrogen) atoms. The number of anilines is 1. The summed E-state index contributed by atoms with van der Waals surface area (Å²) in [5, 5.41) is 18.0. The van der Waals surface area contributed by atoms with Crippen LogP contribution in [0.5, 0.6) is 0 Å². The molecule has 2 rings (SSSR count). The van der Waals surface area contributed by atoms with E-state index in [0.717, 1.165) is 11.1 Å². The molecule has 7 nitrogen and oxygen atoms in total. The summed E-state index contributed by atoms with van der Waals surface area (Å²) in [5.74, 6) is -1.27. The van der Waals surface area contributed by atoms with Gasteiger partial charge in [0.1, 0.15) is 17.7 Å². The second-order valence-corrected chi connectivity index (χ2v) is 4.11. The van der Waals surface area contributed by atoms with Crippen molar-refractivity contribution >= 4 is 17.9 Å². The number of pyridine rings is 1. The van der Waals surface area contributed by atoms with Crippen LogP contribution in [0.1, 0.15) is 0 Å². The molecule has 1 saturated heterocycles. The number of hydrogen-bond acceptors (Lipinski definition) is 4. The molecule has 1 aliphatic heterocycles. The zero-order valence-electron chi connectivity index (χ0n) is 9.86. The van der Waals surface area contributed by atoms with E-state index in [0.29, 0.717) is 12.4 Å². The third kappa shape index (κ3) is 2.72. The van der Waals surface area contributed by atoms with E-state index in [4.69, 9.17) is 10.2 Å². The van der Waals surface area contributed by atoms with E-state index in [2.05, 4.69) is 4.98 Å². The first-order chi connectivity index (χ1) is 8.99. The van der Waals surface area contributed by atoms with Crippen molar-refractivity contribution in [3.05, 3.63) is 24.1 Å². The largest absolute Gasteiger partial charge is 0.480 e. The van der Waals surface area contributed by atoms with Gasteiger partial charge < -0.3 is 15.1 Å². The van der Waals surface area contributed by atoms with Crippen molar-refractivity contribution in [2.24, 2.45) is 0 Å². The average Bonchev–Trinajstić information content (AvgIpc) is 2.38. The number of hydrogen-bond donors (Lipinski definition) is 2. The van der Waals surface area contributed by atoms with E-state index in [-0.39, 0.29) is 13.1 Å². The summed E-state index contributed by atoms with van der Waals surface area (Å²) >= 11 is 0. The summed E-state index contributed by atoms with van der Waals surface area (Å²) < 4.78 is 12.8. The van der Waals surface area contributed by atoms with Gasteiger partial charge in [0.2, 0.25) is 0 Å². The van der Waals surface area contributed by atoms with Crippen molar-refractivity contribution < 1.29 is 24.2 Å². The Morgan fingerprint density at radius 1 is 1.32 bits per heavy atom. The number of aliphatic carboxylic acids is 1. The van der Waals surface area contributed by atoms with Gasteiger partial charge in [-0.25, -0.2) is 19.0 Å². The fourth-order valence-corrected chi connectivity index (χ4v) is 1.99. The molecule has 0 bridgehead atoms. The summed E-state index contributed by atoms with van der Waals surface area (Å²) in [7, 11) is 0. The molecule has 1 atom stereocenters. The molecule has 1 fully saturated rings. The van der Waals surface area contributed by atoms with Gasteiger partial charge in [-0.3, -0.25) is 4.90 Å². The molecule has 102 valence electrons. The van der Waals surface area contributed by atoms with Gasteiger partial charge >= 0.3 is 12.1 Å². The van der Waals surface area contributed by atoms with E-state index >= 15 is 0 Å². The number of nitrogens with zero attached hydrogens (tertiary/aromatic N) is 3. The van der Waals surface area contributed by atoms with Crippen LogP contribution in [0.3, 0.4) is 0 Å². The third-order valence-electron chi connectivity index (χ3n) is 2.95. The van der Waals surface area contributed by atoms with Crippen LogP contribution in [0.2, 0.25) is 0 Å². The lowest BCUT2D eigenvalue weighted by molar-refractivity contribution is -0.142. The van der Waals surface area contributed by atoms with Crippen LogP contribution in [0.4, 0.5) is 15.0 Å². The monoisotopic (exact) mass is 269 g/mol.